The quantitative estimate of drug-likeness (QED) is 0.544. The summed E-state index contributed by atoms with van der Waals surface area (Å²) in [5.74, 6) is -2.51. The van der Waals surface area contributed by atoms with Gasteiger partial charge in [-0.15, -0.1) is 0 Å². The fraction of sp³-hybridized carbons (Fsp3) is 0.357. The van der Waals surface area contributed by atoms with Crippen molar-refractivity contribution in [1.82, 2.24) is 10.3 Å². The highest BCUT2D eigenvalue weighted by Gasteiger charge is 2.08. The monoisotopic (exact) mass is 371 g/mol. The molecule has 1 aromatic heterocycles. The van der Waals surface area contributed by atoms with E-state index in [0.29, 0.717) is 12.2 Å². The van der Waals surface area contributed by atoms with Crippen LogP contribution >= 0.6 is 15.9 Å². The highest BCUT2D eigenvalue weighted by molar-refractivity contribution is 9.10. The van der Waals surface area contributed by atoms with Crippen LogP contribution in [-0.2, 0) is 9.59 Å². The van der Waals surface area contributed by atoms with E-state index < -0.39 is 11.9 Å². The first-order chi connectivity index (χ1) is 10.5. The van der Waals surface area contributed by atoms with Crippen LogP contribution in [0.3, 0.4) is 0 Å². The van der Waals surface area contributed by atoms with Crippen LogP contribution < -0.4 is 10.2 Å². The number of halogens is 1. The number of aromatic nitrogens is 1. The summed E-state index contributed by atoms with van der Waals surface area (Å²) >= 11 is 3.34. The summed E-state index contributed by atoms with van der Waals surface area (Å²) in [6.07, 6.45) is 4.25. The van der Waals surface area contributed by atoms with Gasteiger partial charge in [-0.05, 0) is 41.0 Å². The van der Waals surface area contributed by atoms with Gasteiger partial charge in [0.1, 0.15) is 4.60 Å². The summed E-state index contributed by atoms with van der Waals surface area (Å²) in [5, 5.41) is 19.0. The maximum absolute atomic E-state index is 9.55. The molecule has 0 unspecified atom stereocenters. The number of aliphatic carboxylic acids is 2. The predicted octanol–water partition coefficient (Wildman–Crippen LogP) is 1.36. The number of nitrogens with zero attached hydrogens (tertiary/aromatic N) is 2. The van der Waals surface area contributed by atoms with Gasteiger partial charge in [0.05, 0.1) is 11.9 Å². The topological polar surface area (TPSA) is 103 Å². The SMILES string of the molecule is Brc1ccc(N2CCCNCC2)cn1.O=C(O)/C=C/C(=O)O. The summed E-state index contributed by atoms with van der Waals surface area (Å²) in [5.41, 5.74) is 1.22. The van der Waals surface area contributed by atoms with Crippen molar-refractivity contribution in [3.05, 3.63) is 35.1 Å². The summed E-state index contributed by atoms with van der Waals surface area (Å²) in [6, 6.07) is 4.11. The van der Waals surface area contributed by atoms with Gasteiger partial charge in [-0.3, -0.25) is 0 Å². The second kappa shape index (κ2) is 9.91. The third-order valence-corrected chi connectivity index (χ3v) is 3.25. The fourth-order valence-corrected chi connectivity index (χ4v) is 2.04. The second-order valence-corrected chi connectivity index (χ2v) is 5.25. The van der Waals surface area contributed by atoms with Crippen molar-refractivity contribution in [1.29, 1.82) is 0 Å². The Bertz CT molecular complexity index is 495. The molecule has 8 heteroatoms. The van der Waals surface area contributed by atoms with Crippen LogP contribution in [0.1, 0.15) is 6.42 Å². The smallest absolute Gasteiger partial charge is 0.328 e. The molecule has 1 aliphatic heterocycles. The van der Waals surface area contributed by atoms with E-state index in [4.69, 9.17) is 10.2 Å². The maximum Gasteiger partial charge on any atom is 0.328 e. The number of nitrogens with one attached hydrogen (secondary N) is 1. The van der Waals surface area contributed by atoms with E-state index in [1.807, 2.05) is 12.3 Å². The van der Waals surface area contributed by atoms with Gasteiger partial charge in [0.15, 0.2) is 0 Å². The number of hydrogen-bond acceptors (Lipinski definition) is 5. The summed E-state index contributed by atoms with van der Waals surface area (Å²) < 4.78 is 0.897. The van der Waals surface area contributed by atoms with Crippen molar-refractivity contribution < 1.29 is 19.8 Å². The minimum Gasteiger partial charge on any atom is -0.478 e. The zero-order chi connectivity index (χ0) is 16.4. The number of hydrogen-bond donors (Lipinski definition) is 3. The van der Waals surface area contributed by atoms with Gasteiger partial charge in [0.25, 0.3) is 0 Å². The van der Waals surface area contributed by atoms with Crippen LogP contribution in [0.2, 0.25) is 0 Å². The van der Waals surface area contributed by atoms with Gasteiger partial charge < -0.3 is 20.4 Å². The molecular formula is C14H18BrN3O4. The van der Waals surface area contributed by atoms with Crippen LogP contribution in [0.5, 0.6) is 0 Å². The molecule has 0 atom stereocenters. The van der Waals surface area contributed by atoms with Gasteiger partial charge in [-0.25, -0.2) is 14.6 Å². The number of carboxylic acid groups (broad SMARTS) is 2. The Morgan fingerprint density at radius 2 is 1.86 bits per heavy atom. The summed E-state index contributed by atoms with van der Waals surface area (Å²) in [4.78, 5) is 25.7. The molecule has 0 spiro atoms. The predicted molar refractivity (Wildman–Crippen MR) is 86.0 cm³/mol. The lowest BCUT2D eigenvalue weighted by Crippen LogP contribution is -2.27. The Balaban J connectivity index is 0.000000261. The normalized spacial score (nSPS) is 14.9. The largest absolute Gasteiger partial charge is 0.478 e. The maximum atomic E-state index is 9.55. The van der Waals surface area contributed by atoms with E-state index in [0.717, 1.165) is 30.8 Å². The van der Waals surface area contributed by atoms with Crippen LogP contribution in [-0.4, -0.2) is 53.3 Å². The molecule has 2 rings (SSSR count). The third-order valence-electron chi connectivity index (χ3n) is 2.79. The van der Waals surface area contributed by atoms with Crippen molar-refractivity contribution in [3.8, 4) is 0 Å². The van der Waals surface area contributed by atoms with E-state index in [2.05, 4.69) is 37.2 Å². The molecule has 0 amide bonds. The molecule has 0 aliphatic carbocycles. The van der Waals surface area contributed by atoms with Crippen LogP contribution in [0, 0.1) is 0 Å². The molecular weight excluding hydrogens is 354 g/mol. The molecule has 7 nitrogen and oxygen atoms in total. The van der Waals surface area contributed by atoms with Crippen molar-refractivity contribution in [2.75, 3.05) is 31.1 Å². The van der Waals surface area contributed by atoms with E-state index in [1.165, 1.54) is 12.1 Å². The van der Waals surface area contributed by atoms with E-state index in [9.17, 15) is 9.59 Å². The number of pyridine rings is 1. The molecule has 22 heavy (non-hydrogen) atoms. The Morgan fingerprint density at radius 3 is 2.41 bits per heavy atom. The molecule has 0 aromatic carbocycles. The molecule has 1 saturated heterocycles. The molecule has 0 radical (unpaired) electrons. The number of carbonyl (C=O) groups is 2. The zero-order valence-corrected chi connectivity index (χ0v) is 13.5. The molecule has 2 heterocycles. The van der Waals surface area contributed by atoms with E-state index in [1.54, 1.807) is 0 Å². The molecule has 3 N–H and O–H groups in total. The van der Waals surface area contributed by atoms with Crippen LogP contribution in [0.25, 0.3) is 0 Å². The summed E-state index contributed by atoms with van der Waals surface area (Å²) in [7, 11) is 0. The lowest BCUT2D eigenvalue weighted by Gasteiger charge is -2.21. The highest BCUT2D eigenvalue weighted by Crippen LogP contribution is 2.16. The first kappa shape index (κ1) is 18.1. The first-order valence-corrected chi connectivity index (χ1v) is 7.49. The van der Waals surface area contributed by atoms with Gasteiger partial charge >= 0.3 is 11.9 Å². The van der Waals surface area contributed by atoms with Gasteiger partial charge in [0, 0.05) is 31.8 Å². The lowest BCUT2D eigenvalue weighted by molar-refractivity contribution is -0.134. The Morgan fingerprint density at radius 1 is 1.18 bits per heavy atom. The third kappa shape index (κ3) is 7.75. The first-order valence-electron chi connectivity index (χ1n) is 6.70. The van der Waals surface area contributed by atoms with E-state index in [-0.39, 0.29) is 0 Å². The van der Waals surface area contributed by atoms with Crippen LogP contribution in [0.4, 0.5) is 5.69 Å². The van der Waals surface area contributed by atoms with Crippen molar-refractivity contribution >= 4 is 33.6 Å². The molecule has 1 fully saturated rings. The lowest BCUT2D eigenvalue weighted by atomic mass is 10.3. The number of anilines is 1. The molecule has 1 aromatic rings. The number of carboxylic acids is 2. The van der Waals surface area contributed by atoms with Crippen molar-refractivity contribution in [2.24, 2.45) is 0 Å². The van der Waals surface area contributed by atoms with Crippen molar-refractivity contribution in [3.63, 3.8) is 0 Å². The van der Waals surface area contributed by atoms with Gasteiger partial charge in [-0.2, -0.15) is 0 Å². The van der Waals surface area contributed by atoms with Gasteiger partial charge in [-0.1, -0.05) is 0 Å². The Hall–Kier alpha value is -1.93. The molecule has 0 saturated carbocycles. The Kier molecular flexibility index (Phi) is 8.16. The van der Waals surface area contributed by atoms with Crippen molar-refractivity contribution in [2.45, 2.75) is 6.42 Å². The minimum absolute atomic E-state index is 0.558. The zero-order valence-electron chi connectivity index (χ0n) is 11.9. The highest BCUT2D eigenvalue weighted by atomic mass is 79.9. The average molecular weight is 372 g/mol. The molecule has 120 valence electrons. The number of rotatable bonds is 3. The second-order valence-electron chi connectivity index (χ2n) is 4.44. The average Bonchev–Trinajstić information content (AvgIpc) is 2.76. The Labute approximate surface area is 136 Å². The fourth-order valence-electron chi connectivity index (χ4n) is 1.80. The minimum atomic E-state index is -1.26. The van der Waals surface area contributed by atoms with Crippen LogP contribution in [0.15, 0.2) is 35.1 Å². The standard InChI is InChI=1S/C10H14BrN3.C4H4O4/c11-10-3-2-9(8-13-10)14-6-1-4-12-5-7-14;5-3(6)1-2-4(7)8/h2-3,8,12H,1,4-7H2;1-2H,(H,5,6)(H,7,8)/b;2-1+. The van der Waals surface area contributed by atoms with E-state index >= 15 is 0 Å². The summed E-state index contributed by atoms with van der Waals surface area (Å²) in [6.45, 7) is 4.39. The molecule has 1 aliphatic rings. The van der Waals surface area contributed by atoms with Gasteiger partial charge in [0.2, 0.25) is 0 Å². The molecule has 0 bridgehead atoms.